The molecular weight excluding hydrogens is 176 g/mol. The summed E-state index contributed by atoms with van der Waals surface area (Å²) in [6, 6.07) is 7.86. The number of amides is 1. The van der Waals surface area contributed by atoms with Crippen LogP contribution in [-0.2, 0) is 4.79 Å². The molecule has 0 atom stereocenters. The van der Waals surface area contributed by atoms with E-state index in [1.165, 1.54) is 0 Å². The second kappa shape index (κ2) is 3.79. The number of hydrogen-bond donors (Lipinski definition) is 2. The molecule has 1 aromatic rings. The van der Waals surface area contributed by atoms with E-state index in [4.69, 9.17) is 0 Å². The molecule has 1 aromatic carbocycles. The fourth-order valence-electron chi connectivity index (χ4n) is 1.32. The lowest BCUT2D eigenvalue weighted by Gasteiger charge is -2.09. The summed E-state index contributed by atoms with van der Waals surface area (Å²) < 4.78 is 0. The highest BCUT2D eigenvalue weighted by Gasteiger charge is 2.03. The van der Waals surface area contributed by atoms with Crippen molar-refractivity contribution in [3.05, 3.63) is 47.8 Å². The number of benzene rings is 1. The van der Waals surface area contributed by atoms with Crippen molar-refractivity contribution in [3.8, 4) is 0 Å². The van der Waals surface area contributed by atoms with Crippen molar-refractivity contribution in [2.45, 2.75) is 0 Å². The van der Waals surface area contributed by atoms with E-state index in [-0.39, 0.29) is 0 Å². The van der Waals surface area contributed by atoms with Crippen LogP contribution in [0.1, 0.15) is 5.56 Å². The molecule has 0 aliphatic carbocycles. The standard InChI is InChI=1S/C11H9N2O/c14-8-12-11-7-3-5-9-4-1-2-6-10(9)13-11/h1-7,13H,(H,12,14). The van der Waals surface area contributed by atoms with Crippen LogP contribution in [0.2, 0.25) is 0 Å². The maximum atomic E-state index is 10.2. The Bertz CT molecular complexity index is 408. The number of allylic oxidation sites excluding steroid dienone is 2. The maximum absolute atomic E-state index is 10.2. The minimum Gasteiger partial charge on any atom is -0.341 e. The first-order valence-electron chi connectivity index (χ1n) is 4.28. The first kappa shape index (κ1) is 8.56. The number of rotatable bonds is 2. The molecule has 0 saturated heterocycles. The van der Waals surface area contributed by atoms with E-state index in [0.29, 0.717) is 5.82 Å². The molecule has 0 bridgehead atoms. The van der Waals surface area contributed by atoms with Gasteiger partial charge in [0.25, 0.3) is 0 Å². The minimum atomic E-state index is 0.626. The Morgan fingerprint density at radius 3 is 3.00 bits per heavy atom. The van der Waals surface area contributed by atoms with E-state index in [1.54, 1.807) is 12.5 Å². The van der Waals surface area contributed by atoms with Gasteiger partial charge in [-0.15, -0.1) is 0 Å². The van der Waals surface area contributed by atoms with Crippen molar-refractivity contribution in [2.24, 2.45) is 0 Å². The van der Waals surface area contributed by atoms with Crippen LogP contribution >= 0.6 is 0 Å². The number of para-hydroxylation sites is 1. The molecule has 14 heavy (non-hydrogen) atoms. The predicted octanol–water partition coefficient (Wildman–Crippen LogP) is 1.62. The summed E-state index contributed by atoms with van der Waals surface area (Å²) in [5.74, 6) is 0.626. The average Bonchev–Trinajstić information content (AvgIpc) is 2.40. The molecule has 0 saturated carbocycles. The molecule has 1 radical (unpaired) electrons. The lowest BCUT2D eigenvalue weighted by atomic mass is 10.2. The monoisotopic (exact) mass is 185 g/mol. The topological polar surface area (TPSA) is 41.1 Å². The van der Waals surface area contributed by atoms with Crippen molar-refractivity contribution in [3.63, 3.8) is 0 Å². The van der Waals surface area contributed by atoms with Crippen molar-refractivity contribution < 1.29 is 4.79 Å². The number of fused-ring (bicyclic) bond motifs is 1. The first-order chi connectivity index (χ1) is 6.90. The fraction of sp³-hybridized carbons (Fsp3) is 0. The molecular formula is C11H9N2O. The molecule has 1 aliphatic heterocycles. The van der Waals surface area contributed by atoms with Gasteiger partial charge in [-0.1, -0.05) is 30.4 Å². The van der Waals surface area contributed by atoms with Crippen LogP contribution in [-0.4, -0.2) is 6.41 Å². The Morgan fingerprint density at radius 2 is 2.14 bits per heavy atom. The third-order valence-electron chi connectivity index (χ3n) is 1.95. The number of hydrogen-bond acceptors (Lipinski definition) is 2. The van der Waals surface area contributed by atoms with Gasteiger partial charge in [0.15, 0.2) is 0 Å². The molecule has 1 amide bonds. The molecule has 2 rings (SSSR count). The SMILES string of the molecule is O=[C]NC1=CC=Cc2ccccc2N1. The van der Waals surface area contributed by atoms with E-state index in [9.17, 15) is 4.79 Å². The molecule has 0 fully saturated rings. The van der Waals surface area contributed by atoms with Gasteiger partial charge < -0.3 is 10.6 Å². The molecule has 1 aliphatic rings. The molecule has 0 aromatic heterocycles. The summed E-state index contributed by atoms with van der Waals surface area (Å²) in [5.41, 5.74) is 2.06. The van der Waals surface area contributed by atoms with Crippen LogP contribution < -0.4 is 10.6 Å². The zero-order valence-corrected chi connectivity index (χ0v) is 7.45. The maximum Gasteiger partial charge on any atom is 0.315 e. The third-order valence-corrected chi connectivity index (χ3v) is 1.95. The van der Waals surface area contributed by atoms with Gasteiger partial charge in [0.2, 0.25) is 0 Å². The molecule has 0 unspecified atom stereocenters. The quantitative estimate of drug-likeness (QED) is 0.687. The van der Waals surface area contributed by atoms with Gasteiger partial charge in [-0.05, 0) is 17.7 Å². The predicted molar refractivity (Wildman–Crippen MR) is 56.0 cm³/mol. The Kier molecular flexibility index (Phi) is 2.32. The van der Waals surface area contributed by atoms with Crippen LogP contribution in [0.5, 0.6) is 0 Å². The van der Waals surface area contributed by atoms with Crippen LogP contribution in [0.15, 0.2) is 42.2 Å². The molecule has 0 spiro atoms. The Morgan fingerprint density at radius 1 is 1.29 bits per heavy atom. The van der Waals surface area contributed by atoms with E-state index in [2.05, 4.69) is 10.6 Å². The highest BCUT2D eigenvalue weighted by molar-refractivity contribution is 5.71. The van der Waals surface area contributed by atoms with Crippen molar-refractivity contribution >= 4 is 18.2 Å². The van der Waals surface area contributed by atoms with Crippen molar-refractivity contribution in [1.29, 1.82) is 0 Å². The van der Waals surface area contributed by atoms with Gasteiger partial charge in [0.05, 0.1) is 0 Å². The van der Waals surface area contributed by atoms with Crippen LogP contribution in [0.4, 0.5) is 5.69 Å². The first-order valence-corrected chi connectivity index (χ1v) is 4.28. The lowest BCUT2D eigenvalue weighted by Crippen LogP contribution is -2.17. The number of nitrogens with one attached hydrogen (secondary N) is 2. The van der Waals surface area contributed by atoms with Gasteiger partial charge in [0, 0.05) is 5.69 Å². The fourth-order valence-corrected chi connectivity index (χ4v) is 1.32. The Balaban J connectivity index is 2.32. The normalized spacial score (nSPS) is 13.3. The largest absolute Gasteiger partial charge is 0.341 e. The van der Waals surface area contributed by atoms with Crippen LogP contribution in [0, 0.1) is 0 Å². The summed E-state index contributed by atoms with van der Waals surface area (Å²) >= 11 is 0. The summed E-state index contributed by atoms with van der Waals surface area (Å²) in [7, 11) is 0. The highest BCUT2D eigenvalue weighted by atomic mass is 16.1. The number of anilines is 1. The van der Waals surface area contributed by atoms with Crippen LogP contribution in [0.3, 0.4) is 0 Å². The minimum absolute atomic E-state index is 0.626. The van der Waals surface area contributed by atoms with Gasteiger partial charge in [0.1, 0.15) is 5.82 Å². The zero-order chi connectivity index (χ0) is 9.80. The van der Waals surface area contributed by atoms with Gasteiger partial charge in [-0.25, -0.2) is 0 Å². The second-order valence-corrected chi connectivity index (χ2v) is 2.88. The van der Waals surface area contributed by atoms with Crippen LogP contribution in [0.25, 0.3) is 6.08 Å². The van der Waals surface area contributed by atoms with Gasteiger partial charge in [-0.3, -0.25) is 4.79 Å². The highest BCUT2D eigenvalue weighted by Crippen LogP contribution is 2.20. The second-order valence-electron chi connectivity index (χ2n) is 2.88. The summed E-state index contributed by atoms with van der Waals surface area (Å²) in [6.07, 6.45) is 7.26. The van der Waals surface area contributed by atoms with Gasteiger partial charge >= 0.3 is 6.41 Å². The Hall–Kier alpha value is -2.03. The Labute approximate surface area is 82.1 Å². The zero-order valence-electron chi connectivity index (χ0n) is 7.45. The smallest absolute Gasteiger partial charge is 0.315 e. The molecule has 1 heterocycles. The van der Waals surface area contributed by atoms with E-state index < -0.39 is 0 Å². The van der Waals surface area contributed by atoms with E-state index in [1.807, 2.05) is 36.4 Å². The summed E-state index contributed by atoms with van der Waals surface area (Å²) in [4.78, 5) is 10.2. The van der Waals surface area contributed by atoms with Crippen molar-refractivity contribution in [2.75, 3.05) is 5.32 Å². The third kappa shape index (κ3) is 1.66. The summed E-state index contributed by atoms with van der Waals surface area (Å²) in [6.45, 7) is 0. The molecule has 2 N–H and O–H groups in total. The van der Waals surface area contributed by atoms with E-state index in [0.717, 1.165) is 11.3 Å². The lowest BCUT2D eigenvalue weighted by molar-refractivity contribution is 0.549. The van der Waals surface area contributed by atoms with Crippen molar-refractivity contribution in [1.82, 2.24) is 5.32 Å². The van der Waals surface area contributed by atoms with E-state index >= 15 is 0 Å². The van der Waals surface area contributed by atoms with Gasteiger partial charge in [-0.2, -0.15) is 0 Å². The molecule has 69 valence electrons. The molecule has 3 nitrogen and oxygen atoms in total. The number of carbonyl (C=O) groups excluding carboxylic acids is 1. The molecule has 3 heteroatoms. The summed E-state index contributed by atoms with van der Waals surface area (Å²) in [5, 5.41) is 5.54. The average molecular weight is 185 g/mol.